The van der Waals surface area contributed by atoms with E-state index in [1.165, 1.54) is 12.1 Å². The molecule has 0 bridgehead atoms. The molecule has 4 aromatic rings. The summed E-state index contributed by atoms with van der Waals surface area (Å²) in [4.78, 5) is 16.7. The van der Waals surface area contributed by atoms with E-state index in [1.807, 2.05) is 22.8 Å². The fourth-order valence-corrected chi connectivity index (χ4v) is 2.93. The SMILES string of the molecule is O=C(NCc1ccncc1)c1cc2occc2n1Cc1cccc(F)c1. The lowest BCUT2D eigenvalue weighted by Crippen LogP contribution is -2.25. The molecule has 1 aromatic carbocycles. The molecule has 1 N–H and O–H groups in total. The quantitative estimate of drug-likeness (QED) is 0.597. The average Bonchev–Trinajstić information content (AvgIpc) is 3.23. The number of hydrogen-bond donors (Lipinski definition) is 1. The number of benzene rings is 1. The first kappa shape index (κ1) is 16.1. The molecule has 1 amide bonds. The van der Waals surface area contributed by atoms with Gasteiger partial charge in [-0.3, -0.25) is 9.78 Å². The van der Waals surface area contributed by atoms with Crippen molar-refractivity contribution in [3.63, 3.8) is 0 Å². The Balaban J connectivity index is 1.62. The van der Waals surface area contributed by atoms with Crippen LogP contribution in [0.3, 0.4) is 0 Å². The van der Waals surface area contributed by atoms with Gasteiger partial charge in [0.15, 0.2) is 5.58 Å². The summed E-state index contributed by atoms with van der Waals surface area (Å²) in [5, 5.41) is 2.90. The predicted octanol–water partition coefficient (Wildman–Crippen LogP) is 3.75. The molecule has 4 rings (SSSR count). The number of pyridine rings is 1. The number of carbonyl (C=O) groups excluding carboxylic acids is 1. The molecule has 3 heterocycles. The molecule has 3 aromatic heterocycles. The van der Waals surface area contributed by atoms with Gasteiger partial charge in [0.2, 0.25) is 0 Å². The topological polar surface area (TPSA) is 60.1 Å². The van der Waals surface area contributed by atoms with Crippen LogP contribution in [0, 0.1) is 5.82 Å². The number of nitrogens with one attached hydrogen (secondary N) is 1. The van der Waals surface area contributed by atoms with Crippen LogP contribution in [0.4, 0.5) is 4.39 Å². The number of aromatic nitrogens is 2. The molecule has 6 heteroatoms. The first-order valence-electron chi connectivity index (χ1n) is 8.19. The van der Waals surface area contributed by atoms with Gasteiger partial charge in [-0.1, -0.05) is 12.1 Å². The summed E-state index contributed by atoms with van der Waals surface area (Å²) in [6.07, 6.45) is 4.94. The molecular formula is C20H16FN3O2. The lowest BCUT2D eigenvalue weighted by atomic mass is 10.2. The molecule has 0 spiro atoms. The van der Waals surface area contributed by atoms with Crippen molar-refractivity contribution in [2.75, 3.05) is 0 Å². The van der Waals surface area contributed by atoms with E-state index in [9.17, 15) is 9.18 Å². The second-order valence-corrected chi connectivity index (χ2v) is 5.95. The fraction of sp³-hybridized carbons (Fsp3) is 0.100. The summed E-state index contributed by atoms with van der Waals surface area (Å²) < 4.78 is 20.8. The Morgan fingerprint density at radius 2 is 1.96 bits per heavy atom. The Labute approximate surface area is 149 Å². The first-order chi connectivity index (χ1) is 12.7. The molecule has 26 heavy (non-hydrogen) atoms. The smallest absolute Gasteiger partial charge is 0.268 e. The van der Waals surface area contributed by atoms with Gasteiger partial charge in [-0.15, -0.1) is 0 Å². The Morgan fingerprint density at radius 3 is 2.77 bits per heavy atom. The van der Waals surface area contributed by atoms with Crippen LogP contribution in [-0.4, -0.2) is 15.5 Å². The Bertz CT molecular complexity index is 1050. The minimum absolute atomic E-state index is 0.218. The highest BCUT2D eigenvalue weighted by atomic mass is 19.1. The van der Waals surface area contributed by atoms with Crippen LogP contribution < -0.4 is 5.32 Å². The number of amides is 1. The third kappa shape index (κ3) is 3.21. The van der Waals surface area contributed by atoms with E-state index in [0.717, 1.165) is 16.6 Å². The minimum Gasteiger partial charge on any atom is -0.463 e. The number of fused-ring (bicyclic) bond motifs is 1. The van der Waals surface area contributed by atoms with Crippen LogP contribution >= 0.6 is 0 Å². The van der Waals surface area contributed by atoms with Crippen LogP contribution in [0.2, 0.25) is 0 Å². The average molecular weight is 349 g/mol. The fourth-order valence-electron chi connectivity index (χ4n) is 2.93. The second-order valence-electron chi connectivity index (χ2n) is 5.95. The monoisotopic (exact) mass is 349 g/mol. The number of nitrogens with zero attached hydrogens (tertiary/aromatic N) is 2. The summed E-state index contributed by atoms with van der Waals surface area (Å²) in [6.45, 7) is 0.771. The highest BCUT2D eigenvalue weighted by molar-refractivity contribution is 5.97. The highest BCUT2D eigenvalue weighted by Gasteiger charge is 2.17. The molecule has 0 saturated carbocycles. The van der Waals surface area contributed by atoms with E-state index >= 15 is 0 Å². The van der Waals surface area contributed by atoms with Gasteiger partial charge in [-0.05, 0) is 35.4 Å². The lowest BCUT2D eigenvalue weighted by Gasteiger charge is -2.11. The molecule has 0 unspecified atom stereocenters. The number of hydrogen-bond acceptors (Lipinski definition) is 3. The molecule has 5 nitrogen and oxygen atoms in total. The van der Waals surface area contributed by atoms with E-state index in [2.05, 4.69) is 10.3 Å². The van der Waals surface area contributed by atoms with Crippen molar-refractivity contribution in [3.8, 4) is 0 Å². The van der Waals surface area contributed by atoms with Crippen LogP contribution in [0.25, 0.3) is 11.1 Å². The molecular weight excluding hydrogens is 333 g/mol. The van der Waals surface area contributed by atoms with Gasteiger partial charge in [0.25, 0.3) is 5.91 Å². The normalized spacial score (nSPS) is 11.0. The number of furan rings is 1. The summed E-state index contributed by atoms with van der Waals surface area (Å²) in [6, 6.07) is 13.5. The molecule has 130 valence electrons. The van der Waals surface area contributed by atoms with Crippen LogP contribution in [0.5, 0.6) is 0 Å². The van der Waals surface area contributed by atoms with E-state index < -0.39 is 0 Å². The van der Waals surface area contributed by atoms with Gasteiger partial charge in [-0.25, -0.2) is 4.39 Å². The largest absolute Gasteiger partial charge is 0.463 e. The third-order valence-electron chi connectivity index (χ3n) is 4.19. The van der Waals surface area contributed by atoms with Crippen molar-refractivity contribution in [2.24, 2.45) is 0 Å². The summed E-state index contributed by atoms with van der Waals surface area (Å²) >= 11 is 0. The van der Waals surface area contributed by atoms with Gasteiger partial charge in [-0.2, -0.15) is 0 Å². The number of carbonyl (C=O) groups is 1. The maximum Gasteiger partial charge on any atom is 0.268 e. The van der Waals surface area contributed by atoms with Crippen LogP contribution in [0.1, 0.15) is 21.6 Å². The van der Waals surface area contributed by atoms with E-state index in [4.69, 9.17) is 4.42 Å². The second kappa shape index (κ2) is 6.84. The molecule has 0 radical (unpaired) electrons. The van der Waals surface area contributed by atoms with E-state index in [-0.39, 0.29) is 11.7 Å². The standard InChI is InChI=1S/C20H16FN3O2/c21-16-3-1-2-15(10-16)13-24-17-6-9-26-19(17)11-18(24)20(25)23-12-14-4-7-22-8-5-14/h1-11H,12-13H2,(H,23,25). The van der Waals surface area contributed by atoms with Crippen LogP contribution in [0.15, 0.2) is 71.6 Å². The van der Waals surface area contributed by atoms with Crippen LogP contribution in [-0.2, 0) is 13.1 Å². The van der Waals surface area contributed by atoms with E-state index in [0.29, 0.717) is 24.4 Å². The lowest BCUT2D eigenvalue weighted by molar-refractivity contribution is 0.0942. The molecule has 0 aliphatic rings. The number of halogens is 1. The Hall–Kier alpha value is -3.41. The van der Waals surface area contributed by atoms with Gasteiger partial charge in [0, 0.05) is 37.6 Å². The maximum atomic E-state index is 13.5. The van der Waals surface area contributed by atoms with Crippen molar-refractivity contribution in [2.45, 2.75) is 13.1 Å². The Kier molecular flexibility index (Phi) is 4.23. The van der Waals surface area contributed by atoms with Crippen molar-refractivity contribution in [1.29, 1.82) is 0 Å². The Morgan fingerprint density at radius 1 is 1.12 bits per heavy atom. The van der Waals surface area contributed by atoms with Crippen molar-refractivity contribution in [1.82, 2.24) is 14.9 Å². The highest BCUT2D eigenvalue weighted by Crippen LogP contribution is 2.23. The molecule has 0 saturated heterocycles. The summed E-state index contributed by atoms with van der Waals surface area (Å²) in [5.74, 6) is -0.522. The first-order valence-corrected chi connectivity index (χ1v) is 8.19. The zero-order valence-corrected chi connectivity index (χ0v) is 13.9. The maximum absolute atomic E-state index is 13.5. The van der Waals surface area contributed by atoms with Crippen molar-refractivity contribution >= 4 is 17.0 Å². The molecule has 0 aliphatic heterocycles. The zero-order chi connectivity index (χ0) is 17.9. The molecule has 0 aliphatic carbocycles. The van der Waals surface area contributed by atoms with Gasteiger partial charge in [0.1, 0.15) is 11.5 Å². The minimum atomic E-state index is -0.304. The summed E-state index contributed by atoms with van der Waals surface area (Å²) in [5.41, 5.74) is 3.61. The van der Waals surface area contributed by atoms with Gasteiger partial charge < -0.3 is 14.3 Å². The third-order valence-corrected chi connectivity index (χ3v) is 4.19. The van der Waals surface area contributed by atoms with Crippen molar-refractivity contribution in [3.05, 3.63) is 89.8 Å². The summed E-state index contributed by atoms with van der Waals surface area (Å²) in [7, 11) is 0. The molecule has 0 atom stereocenters. The van der Waals surface area contributed by atoms with Gasteiger partial charge >= 0.3 is 0 Å². The van der Waals surface area contributed by atoms with E-state index in [1.54, 1.807) is 36.9 Å². The number of rotatable bonds is 5. The van der Waals surface area contributed by atoms with Crippen molar-refractivity contribution < 1.29 is 13.6 Å². The predicted molar refractivity (Wildman–Crippen MR) is 95.1 cm³/mol. The molecule has 0 fully saturated rings. The van der Waals surface area contributed by atoms with Gasteiger partial charge in [0.05, 0.1) is 11.8 Å². The zero-order valence-electron chi connectivity index (χ0n) is 13.9.